The second-order valence-electron chi connectivity index (χ2n) is 7.25. The first-order valence-corrected chi connectivity index (χ1v) is 12.9. The van der Waals surface area contributed by atoms with Gasteiger partial charge >= 0.3 is 0 Å². The maximum Gasteiger partial charge on any atom is 0.253 e. The third-order valence-electron chi connectivity index (χ3n) is 5.06. The molecule has 6 nitrogen and oxygen atoms in total. The molecule has 1 amide bonds. The second-order valence-corrected chi connectivity index (χ2v) is 11.5. The SMILES string of the molecule is O=C(NCc1ccc(Oc2ccc(Cl)cc2)cc1)C1CCCN1S(=O)(=O)c1ccc(Cl)s1. The molecule has 1 fully saturated rings. The van der Waals surface area contributed by atoms with Crippen molar-refractivity contribution in [2.24, 2.45) is 0 Å². The summed E-state index contributed by atoms with van der Waals surface area (Å²) in [7, 11) is -3.75. The lowest BCUT2D eigenvalue weighted by atomic mass is 10.2. The quantitative estimate of drug-likeness (QED) is 0.466. The third kappa shape index (κ3) is 5.27. The Morgan fingerprint density at radius 1 is 1.03 bits per heavy atom. The van der Waals surface area contributed by atoms with Crippen molar-refractivity contribution in [1.82, 2.24) is 9.62 Å². The maximum atomic E-state index is 12.9. The Kier molecular flexibility index (Phi) is 7.07. The van der Waals surface area contributed by atoms with Crippen LogP contribution in [0.25, 0.3) is 0 Å². The number of hydrogen-bond acceptors (Lipinski definition) is 5. The van der Waals surface area contributed by atoms with Gasteiger partial charge in [0.1, 0.15) is 21.8 Å². The highest BCUT2D eigenvalue weighted by Crippen LogP contribution is 2.32. The van der Waals surface area contributed by atoms with E-state index in [0.717, 1.165) is 16.9 Å². The predicted molar refractivity (Wildman–Crippen MR) is 126 cm³/mol. The van der Waals surface area contributed by atoms with Gasteiger partial charge in [0.2, 0.25) is 5.91 Å². The zero-order valence-corrected chi connectivity index (χ0v) is 20.0. The minimum Gasteiger partial charge on any atom is -0.457 e. The fourth-order valence-corrected chi connectivity index (χ4v) is 6.86. The molecule has 2 aromatic carbocycles. The Balaban J connectivity index is 1.36. The van der Waals surface area contributed by atoms with E-state index in [-0.39, 0.29) is 16.7 Å². The van der Waals surface area contributed by atoms with E-state index < -0.39 is 16.1 Å². The average Bonchev–Trinajstić information content (AvgIpc) is 3.45. The monoisotopic (exact) mass is 510 g/mol. The van der Waals surface area contributed by atoms with Crippen LogP contribution in [0.4, 0.5) is 0 Å². The number of ether oxygens (including phenoxy) is 1. The maximum absolute atomic E-state index is 12.9. The van der Waals surface area contributed by atoms with E-state index in [9.17, 15) is 13.2 Å². The van der Waals surface area contributed by atoms with Crippen molar-refractivity contribution in [3.8, 4) is 11.5 Å². The van der Waals surface area contributed by atoms with Crippen LogP contribution in [0.15, 0.2) is 64.9 Å². The van der Waals surface area contributed by atoms with Crippen LogP contribution in [0, 0.1) is 0 Å². The van der Waals surface area contributed by atoms with Gasteiger partial charge in [-0.05, 0) is 66.9 Å². The van der Waals surface area contributed by atoms with Gasteiger partial charge in [-0.25, -0.2) is 8.42 Å². The number of sulfonamides is 1. The van der Waals surface area contributed by atoms with Crippen LogP contribution >= 0.6 is 34.5 Å². The van der Waals surface area contributed by atoms with Crippen molar-refractivity contribution in [3.05, 3.63) is 75.6 Å². The van der Waals surface area contributed by atoms with Crippen molar-refractivity contribution in [2.75, 3.05) is 6.54 Å². The number of thiophene rings is 1. The third-order valence-corrected chi connectivity index (χ3v) is 8.92. The molecule has 1 saturated heterocycles. The highest BCUT2D eigenvalue weighted by Gasteiger charge is 2.39. The van der Waals surface area contributed by atoms with E-state index in [1.54, 1.807) is 30.3 Å². The summed E-state index contributed by atoms with van der Waals surface area (Å²) in [5.74, 6) is 1.02. The number of nitrogens with one attached hydrogen (secondary N) is 1. The van der Waals surface area contributed by atoms with Gasteiger partial charge in [-0.2, -0.15) is 4.31 Å². The first kappa shape index (κ1) is 23.1. The van der Waals surface area contributed by atoms with E-state index in [0.29, 0.717) is 40.2 Å². The van der Waals surface area contributed by atoms with Crippen LogP contribution in [-0.4, -0.2) is 31.2 Å². The molecule has 0 spiro atoms. The van der Waals surface area contributed by atoms with Crippen LogP contribution in [0.1, 0.15) is 18.4 Å². The van der Waals surface area contributed by atoms with Crippen LogP contribution < -0.4 is 10.1 Å². The summed E-state index contributed by atoms with van der Waals surface area (Å²) in [4.78, 5) is 12.8. The number of nitrogens with zero attached hydrogens (tertiary/aromatic N) is 1. The Morgan fingerprint density at radius 3 is 2.31 bits per heavy atom. The lowest BCUT2D eigenvalue weighted by Crippen LogP contribution is -2.45. The van der Waals surface area contributed by atoms with Gasteiger partial charge in [-0.1, -0.05) is 35.3 Å². The van der Waals surface area contributed by atoms with Crippen molar-refractivity contribution in [2.45, 2.75) is 29.6 Å². The minimum atomic E-state index is -3.75. The van der Waals surface area contributed by atoms with E-state index in [1.165, 1.54) is 10.4 Å². The smallest absolute Gasteiger partial charge is 0.253 e. The summed E-state index contributed by atoms with van der Waals surface area (Å²) in [6.07, 6.45) is 1.12. The molecule has 1 aliphatic rings. The summed E-state index contributed by atoms with van der Waals surface area (Å²) in [5, 5.41) is 3.49. The number of hydrogen-bond donors (Lipinski definition) is 1. The molecule has 0 saturated carbocycles. The summed E-state index contributed by atoms with van der Waals surface area (Å²) in [6.45, 7) is 0.599. The second kappa shape index (κ2) is 9.80. The van der Waals surface area contributed by atoms with Gasteiger partial charge in [0, 0.05) is 18.1 Å². The zero-order valence-electron chi connectivity index (χ0n) is 16.8. The zero-order chi connectivity index (χ0) is 22.7. The molecule has 10 heteroatoms. The number of halogens is 2. The van der Waals surface area contributed by atoms with Gasteiger partial charge in [-0.3, -0.25) is 4.79 Å². The number of carbonyl (C=O) groups is 1. The molecule has 2 heterocycles. The van der Waals surface area contributed by atoms with Crippen LogP contribution in [0.5, 0.6) is 11.5 Å². The highest BCUT2D eigenvalue weighted by molar-refractivity contribution is 7.91. The molecule has 0 bridgehead atoms. The summed E-state index contributed by atoms with van der Waals surface area (Å²) >= 11 is 12.8. The van der Waals surface area contributed by atoms with E-state index in [1.807, 2.05) is 24.3 Å². The lowest BCUT2D eigenvalue weighted by molar-refractivity contribution is -0.124. The van der Waals surface area contributed by atoms with Crippen molar-refractivity contribution in [1.29, 1.82) is 0 Å². The van der Waals surface area contributed by atoms with Gasteiger partial charge in [-0.15, -0.1) is 11.3 Å². The average molecular weight is 511 g/mol. The molecule has 32 heavy (non-hydrogen) atoms. The summed E-state index contributed by atoms with van der Waals surface area (Å²) in [5.41, 5.74) is 0.874. The minimum absolute atomic E-state index is 0.151. The van der Waals surface area contributed by atoms with Gasteiger partial charge in [0.25, 0.3) is 10.0 Å². The molecule has 1 aromatic heterocycles. The molecule has 1 unspecified atom stereocenters. The fraction of sp³-hybridized carbons (Fsp3) is 0.227. The Hall–Kier alpha value is -2.10. The summed E-state index contributed by atoms with van der Waals surface area (Å²) in [6, 6.07) is 16.7. The molecule has 1 atom stereocenters. The van der Waals surface area contributed by atoms with Crippen molar-refractivity contribution in [3.63, 3.8) is 0 Å². The van der Waals surface area contributed by atoms with Gasteiger partial charge < -0.3 is 10.1 Å². The molecule has 168 valence electrons. The first-order valence-electron chi connectivity index (χ1n) is 9.90. The molecular weight excluding hydrogens is 491 g/mol. The van der Waals surface area contributed by atoms with Crippen LogP contribution in [0.3, 0.4) is 0 Å². The van der Waals surface area contributed by atoms with Gasteiger partial charge in [0.05, 0.1) is 4.34 Å². The summed E-state index contributed by atoms with van der Waals surface area (Å²) < 4.78 is 33.4. The predicted octanol–water partition coefficient (Wildman–Crippen LogP) is 5.32. The van der Waals surface area contributed by atoms with Gasteiger partial charge in [0.15, 0.2) is 0 Å². The Morgan fingerprint density at radius 2 is 1.69 bits per heavy atom. The molecular formula is C22H20Cl2N2O4S2. The fourth-order valence-electron chi connectivity index (χ4n) is 3.46. The molecule has 3 aromatic rings. The molecule has 0 aliphatic carbocycles. The van der Waals surface area contributed by atoms with Crippen molar-refractivity contribution >= 4 is 50.5 Å². The normalized spacial score (nSPS) is 16.8. The number of benzene rings is 2. The largest absolute Gasteiger partial charge is 0.457 e. The Labute approximate surface area is 200 Å². The standard InChI is InChI=1S/C22H20Cl2N2O4S2/c23-16-5-9-18(10-6-16)30-17-7-3-15(4-8-17)14-25-22(27)19-2-1-13-26(19)32(28,29)21-12-11-20(24)31-21/h3-12,19H,1-2,13-14H2,(H,25,27). The lowest BCUT2D eigenvalue weighted by Gasteiger charge is -2.22. The van der Waals surface area contributed by atoms with E-state index in [2.05, 4.69) is 5.32 Å². The molecule has 0 radical (unpaired) electrons. The van der Waals surface area contributed by atoms with Crippen molar-refractivity contribution < 1.29 is 17.9 Å². The van der Waals surface area contributed by atoms with Crippen LogP contribution in [-0.2, 0) is 21.4 Å². The Bertz CT molecular complexity index is 1200. The molecule has 4 rings (SSSR count). The number of carbonyl (C=O) groups excluding carboxylic acids is 1. The first-order chi connectivity index (χ1) is 15.3. The number of rotatable bonds is 7. The van der Waals surface area contributed by atoms with Crippen LogP contribution in [0.2, 0.25) is 9.36 Å². The highest BCUT2D eigenvalue weighted by atomic mass is 35.5. The molecule has 1 aliphatic heterocycles. The number of amides is 1. The van der Waals surface area contributed by atoms with E-state index in [4.69, 9.17) is 27.9 Å². The van der Waals surface area contributed by atoms with E-state index >= 15 is 0 Å². The molecule has 1 N–H and O–H groups in total. The topological polar surface area (TPSA) is 75.7 Å².